The highest BCUT2D eigenvalue weighted by molar-refractivity contribution is 5.94. The number of hydrogen-bond donors (Lipinski definition) is 1. The van der Waals surface area contributed by atoms with E-state index in [9.17, 15) is 4.79 Å². The van der Waals surface area contributed by atoms with Crippen molar-refractivity contribution in [3.05, 3.63) is 89.5 Å². The summed E-state index contributed by atoms with van der Waals surface area (Å²) < 4.78 is 5.14. The minimum atomic E-state index is -0.0983. The van der Waals surface area contributed by atoms with Gasteiger partial charge < -0.3 is 15.0 Å². The lowest BCUT2D eigenvalue weighted by atomic mass is 9.98. The van der Waals surface area contributed by atoms with Crippen molar-refractivity contribution in [3.63, 3.8) is 0 Å². The second kappa shape index (κ2) is 9.20. The molecule has 4 heteroatoms. The predicted octanol–water partition coefficient (Wildman–Crippen LogP) is 4.35. The molecule has 3 aromatic carbocycles. The minimum Gasteiger partial charge on any atom is -0.497 e. The predicted molar refractivity (Wildman–Crippen MR) is 113 cm³/mol. The first-order chi connectivity index (χ1) is 13.6. The van der Waals surface area contributed by atoms with Crippen LogP contribution in [0.4, 0.5) is 0 Å². The summed E-state index contributed by atoms with van der Waals surface area (Å²) in [6, 6.07) is 23.9. The summed E-state index contributed by atoms with van der Waals surface area (Å²) in [6.07, 6.45) is 0. The highest BCUT2D eigenvalue weighted by Gasteiger charge is 2.09. The molecule has 0 heterocycles. The zero-order valence-corrected chi connectivity index (χ0v) is 16.6. The fraction of sp³-hybridized carbons (Fsp3) is 0.208. The van der Waals surface area contributed by atoms with E-state index in [4.69, 9.17) is 4.74 Å². The molecule has 0 saturated carbocycles. The third-order valence-corrected chi connectivity index (χ3v) is 4.57. The van der Waals surface area contributed by atoms with Crippen LogP contribution >= 0.6 is 0 Å². The lowest BCUT2D eigenvalue weighted by Crippen LogP contribution is -2.23. The zero-order valence-electron chi connectivity index (χ0n) is 16.6. The summed E-state index contributed by atoms with van der Waals surface area (Å²) >= 11 is 0. The molecule has 1 N–H and O–H groups in total. The Kier molecular flexibility index (Phi) is 6.45. The van der Waals surface area contributed by atoms with Gasteiger partial charge in [-0.15, -0.1) is 0 Å². The number of carbonyl (C=O) groups excluding carboxylic acids is 1. The molecular formula is C24H26N2O2. The van der Waals surface area contributed by atoms with Gasteiger partial charge >= 0.3 is 0 Å². The molecule has 0 fully saturated rings. The van der Waals surface area contributed by atoms with Crippen LogP contribution in [0.5, 0.6) is 5.75 Å². The van der Waals surface area contributed by atoms with E-state index in [0.29, 0.717) is 12.1 Å². The van der Waals surface area contributed by atoms with Crippen molar-refractivity contribution in [1.29, 1.82) is 0 Å². The lowest BCUT2D eigenvalue weighted by molar-refractivity contribution is 0.0951. The quantitative estimate of drug-likeness (QED) is 0.668. The maximum Gasteiger partial charge on any atom is 0.251 e. The number of rotatable bonds is 7. The third kappa shape index (κ3) is 4.99. The number of benzene rings is 3. The van der Waals surface area contributed by atoms with Crippen LogP contribution < -0.4 is 10.1 Å². The summed E-state index contributed by atoms with van der Waals surface area (Å²) in [7, 11) is 5.74. The largest absolute Gasteiger partial charge is 0.497 e. The van der Waals surface area contributed by atoms with Gasteiger partial charge in [-0.1, -0.05) is 48.5 Å². The molecular weight excluding hydrogens is 348 g/mol. The average molecular weight is 374 g/mol. The molecule has 0 saturated heterocycles. The van der Waals surface area contributed by atoms with Crippen LogP contribution in [-0.2, 0) is 13.1 Å². The molecule has 0 bridgehead atoms. The maximum absolute atomic E-state index is 12.5. The normalized spacial score (nSPS) is 10.7. The van der Waals surface area contributed by atoms with Crippen LogP contribution in [-0.4, -0.2) is 32.0 Å². The smallest absolute Gasteiger partial charge is 0.251 e. The Morgan fingerprint density at radius 3 is 2.25 bits per heavy atom. The van der Waals surface area contributed by atoms with Gasteiger partial charge in [0.05, 0.1) is 7.11 Å². The van der Waals surface area contributed by atoms with E-state index in [1.165, 1.54) is 5.56 Å². The van der Waals surface area contributed by atoms with Gasteiger partial charge in [-0.2, -0.15) is 0 Å². The van der Waals surface area contributed by atoms with Gasteiger partial charge in [0.2, 0.25) is 0 Å². The summed E-state index contributed by atoms with van der Waals surface area (Å²) in [4.78, 5) is 14.6. The Labute approximate surface area is 166 Å². The zero-order chi connectivity index (χ0) is 19.9. The van der Waals surface area contributed by atoms with Crippen LogP contribution in [0.15, 0.2) is 72.8 Å². The van der Waals surface area contributed by atoms with Crippen LogP contribution in [0, 0.1) is 0 Å². The van der Waals surface area contributed by atoms with Crippen LogP contribution in [0.25, 0.3) is 11.1 Å². The second-order valence-electron chi connectivity index (χ2n) is 7.00. The Balaban J connectivity index is 1.72. The first-order valence-corrected chi connectivity index (χ1v) is 9.31. The first kappa shape index (κ1) is 19.6. The SMILES string of the molecule is COc1ccc(C(=O)NCc2ccccc2-c2ccc(CN(C)C)cc2)cc1. The van der Waals surface area contributed by atoms with Gasteiger partial charge in [0.1, 0.15) is 5.75 Å². The van der Waals surface area contributed by atoms with Gasteiger partial charge in [-0.25, -0.2) is 0 Å². The molecule has 4 nitrogen and oxygen atoms in total. The molecule has 28 heavy (non-hydrogen) atoms. The first-order valence-electron chi connectivity index (χ1n) is 9.31. The molecule has 3 rings (SSSR count). The molecule has 0 spiro atoms. The monoisotopic (exact) mass is 374 g/mol. The number of ether oxygens (including phenoxy) is 1. The summed E-state index contributed by atoms with van der Waals surface area (Å²) in [5.74, 6) is 0.637. The van der Waals surface area contributed by atoms with E-state index in [1.54, 1.807) is 31.4 Å². The molecule has 0 aliphatic heterocycles. The van der Waals surface area contributed by atoms with Crippen molar-refractivity contribution in [2.45, 2.75) is 13.1 Å². The second-order valence-corrected chi connectivity index (χ2v) is 7.00. The van der Waals surface area contributed by atoms with E-state index >= 15 is 0 Å². The minimum absolute atomic E-state index is 0.0983. The number of hydrogen-bond acceptors (Lipinski definition) is 3. The molecule has 0 unspecified atom stereocenters. The van der Waals surface area contributed by atoms with Crippen molar-refractivity contribution in [3.8, 4) is 16.9 Å². The molecule has 1 amide bonds. The molecule has 0 atom stereocenters. The number of amides is 1. The van der Waals surface area contributed by atoms with E-state index < -0.39 is 0 Å². The van der Waals surface area contributed by atoms with E-state index in [1.807, 2.05) is 12.1 Å². The van der Waals surface area contributed by atoms with Gasteiger partial charge in [0.25, 0.3) is 5.91 Å². The third-order valence-electron chi connectivity index (χ3n) is 4.57. The van der Waals surface area contributed by atoms with Crippen molar-refractivity contribution in [1.82, 2.24) is 10.2 Å². The van der Waals surface area contributed by atoms with Crippen LogP contribution in [0.2, 0.25) is 0 Å². The van der Waals surface area contributed by atoms with Crippen molar-refractivity contribution >= 4 is 5.91 Å². The molecule has 0 aliphatic carbocycles. The van der Waals surface area contributed by atoms with Gasteiger partial charge in [0.15, 0.2) is 0 Å². The van der Waals surface area contributed by atoms with E-state index in [0.717, 1.165) is 29.0 Å². The highest BCUT2D eigenvalue weighted by atomic mass is 16.5. The summed E-state index contributed by atoms with van der Waals surface area (Å²) in [5, 5.41) is 3.01. The number of methoxy groups -OCH3 is 1. The lowest BCUT2D eigenvalue weighted by Gasteiger charge is -2.13. The van der Waals surface area contributed by atoms with Crippen LogP contribution in [0.1, 0.15) is 21.5 Å². The summed E-state index contributed by atoms with van der Waals surface area (Å²) in [6.45, 7) is 1.39. The summed E-state index contributed by atoms with van der Waals surface area (Å²) in [5.41, 5.74) is 5.26. The number of nitrogens with zero attached hydrogens (tertiary/aromatic N) is 1. The van der Waals surface area contributed by atoms with Crippen molar-refractivity contribution < 1.29 is 9.53 Å². The Hall–Kier alpha value is -3.11. The Morgan fingerprint density at radius 2 is 1.61 bits per heavy atom. The maximum atomic E-state index is 12.5. The van der Waals surface area contributed by atoms with Gasteiger partial charge in [-0.05, 0) is 60.6 Å². The molecule has 3 aromatic rings. The van der Waals surface area contributed by atoms with E-state index in [-0.39, 0.29) is 5.91 Å². The molecule has 0 aromatic heterocycles. The molecule has 0 radical (unpaired) electrons. The number of carbonyl (C=O) groups is 1. The number of nitrogens with one attached hydrogen (secondary N) is 1. The van der Waals surface area contributed by atoms with Crippen molar-refractivity contribution in [2.24, 2.45) is 0 Å². The fourth-order valence-corrected chi connectivity index (χ4v) is 3.13. The average Bonchev–Trinajstić information content (AvgIpc) is 2.72. The van der Waals surface area contributed by atoms with Crippen LogP contribution in [0.3, 0.4) is 0 Å². The topological polar surface area (TPSA) is 41.6 Å². The van der Waals surface area contributed by atoms with Gasteiger partial charge in [0, 0.05) is 18.7 Å². The molecule has 0 aliphatic rings. The molecule has 144 valence electrons. The van der Waals surface area contributed by atoms with Crippen molar-refractivity contribution in [2.75, 3.05) is 21.2 Å². The Bertz CT molecular complexity index is 916. The standard InChI is InChI=1S/C24H26N2O2/c1-26(2)17-18-8-10-19(11-9-18)23-7-5-4-6-21(23)16-25-24(27)20-12-14-22(28-3)15-13-20/h4-15H,16-17H2,1-3H3,(H,25,27). The fourth-order valence-electron chi connectivity index (χ4n) is 3.13. The van der Waals surface area contributed by atoms with Gasteiger partial charge in [-0.3, -0.25) is 4.79 Å². The highest BCUT2D eigenvalue weighted by Crippen LogP contribution is 2.24. The Morgan fingerprint density at radius 1 is 0.929 bits per heavy atom. The van der Waals surface area contributed by atoms with E-state index in [2.05, 4.69) is 60.7 Å².